The maximum atomic E-state index is 4.99. The van der Waals surface area contributed by atoms with E-state index in [0.717, 1.165) is 12.8 Å². The lowest BCUT2D eigenvalue weighted by Crippen LogP contribution is -1.96. The van der Waals surface area contributed by atoms with E-state index < -0.39 is 0 Å². The third kappa shape index (κ3) is 39.4. The molecule has 0 aliphatic heterocycles. The van der Waals surface area contributed by atoms with Gasteiger partial charge in [0.1, 0.15) is 0 Å². The van der Waals surface area contributed by atoms with Crippen LogP contribution in [-0.2, 0) is 12.8 Å². The molecule has 317 valence electrons. The summed E-state index contributed by atoms with van der Waals surface area (Å²) in [6.07, 6.45) is 66.0. The molecule has 0 aliphatic carbocycles. The second-order valence-corrected chi connectivity index (χ2v) is 17.9. The van der Waals surface area contributed by atoms with Crippen LogP contribution in [0.3, 0.4) is 0 Å². The summed E-state index contributed by atoms with van der Waals surface area (Å²) >= 11 is 0. The van der Waals surface area contributed by atoms with Crippen molar-refractivity contribution in [2.24, 2.45) is 0 Å². The zero-order valence-corrected chi connectivity index (χ0v) is 37.6. The van der Waals surface area contributed by atoms with E-state index in [1.807, 2.05) is 0 Å². The highest BCUT2D eigenvalue weighted by Crippen LogP contribution is 2.18. The van der Waals surface area contributed by atoms with Crippen molar-refractivity contribution in [1.82, 2.24) is 4.98 Å². The first-order valence-electron chi connectivity index (χ1n) is 25.7. The van der Waals surface area contributed by atoms with Crippen molar-refractivity contribution >= 4 is 0 Å². The second-order valence-electron chi connectivity index (χ2n) is 17.9. The summed E-state index contributed by atoms with van der Waals surface area (Å²) in [6.45, 7) is 4.62. The highest BCUT2D eigenvalue weighted by Gasteiger charge is 2.02. The Hall–Kier alpha value is -0.850. The zero-order chi connectivity index (χ0) is 38.5. The number of pyridine rings is 1. The van der Waals surface area contributed by atoms with Crippen LogP contribution in [0.15, 0.2) is 12.1 Å². The van der Waals surface area contributed by atoms with Gasteiger partial charge in [0.15, 0.2) is 0 Å². The summed E-state index contributed by atoms with van der Waals surface area (Å²) in [5, 5.41) is 0. The summed E-state index contributed by atoms with van der Waals surface area (Å²) < 4.78 is 0. The molecular formula is C53H100N. The van der Waals surface area contributed by atoms with Crippen LogP contribution in [0.5, 0.6) is 0 Å². The number of aryl methyl sites for hydroxylation is 2. The minimum Gasteiger partial charge on any atom is -0.258 e. The molecule has 0 fully saturated rings. The van der Waals surface area contributed by atoms with Crippen LogP contribution < -0.4 is 0 Å². The van der Waals surface area contributed by atoms with E-state index in [9.17, 15) is 0 Å². The molecule has 1 aromatic heterocycles. The van der Waals surface area contributed by atoms with Crippen LogP contribution in [-0.4, -0.2) is 4.98 Å². The molecular weight excluding hydrogens is 651 g/mol. The minimum absolute atomic E-state index is 1.14. The van der Waals surface area contributed by atoms with Crippen molar-refractivity contribution in [2.45, 2.75) is 309 Å². The molecule has 0 aliphatic rings. The number of rotatable bonds is 46. The van der Waals surface area contributed by atoms with Crippen LogP contribution in [0.4, 0.5) is 0 Å². The standard InChI is InChI=1S/C53H100N/c1-3-5-7-9-11-13-15-17-19-21-23-25-27-29-31-33-35-37-39-41-43-45-48-52-50-47-51-53(54-52)49-46-44-42-40-38-36-34-32-30-28-26-24-22-20-18-16-14-12-10-8-6-4-2/h50-51H,3-46,48-49H2,1-2H3. The van der Waals surface area contributed by atoms with Crippen LogP contribution in [0.2, 0.25) is 0 Å². The Morgan fingerprint density at radius 1 is 0.259 bits per heavy atom. The number of aromatic nitrogens is 1. The van der Waals surface area contributed by atoms with E-state index in [0.29, 0.717) is 0 Å². The molecule has 0 saturated carbocycles. The van der Waals surface area contributed by atoms with E-state index in [4.69, 9.17) is 4.98 Å². The maximum Gasteiger partial charge on any atom is 0.0413 e. The molecule has 1 aromatic rings. The van der Waals surface area contributed by atoms with Gasteiger partial charge in [0, 0.05) is 11.4 Å². The van der Waals surface area contributed by atoms with Crippen molar-refractivity contribution in [3.63, 3.8) is 0 Å². The van der Waals surface area contributed by atoms with Gasteiger partial charge in [-0.2, -0.15) is 0 Å². The molecule has 0 unspecified atom stereocenters. The third-order valence-electron chi connectivity index (χ3n) is 12.4. The molecule has 0 N–H and O–H groups in total. The van der Waals surface area contributed by atoms with Gasteiger partial charge in [-0.25, -0.2) is 0 Å². The molecule has 0 amide bonds. The molecule has 1 heteroatoms. The minimum atomic E-state index is 1.14. The van der Waals surface area contributed by atoms with E-state index in [1.54, 1.807) is 0 Å². The van der Waals surface area contributed by atoms with E-state index >= 15 is 0 Å². The fourth-order valence-electron chi connectivity index (χ4n) is 8.57. The largest absolute Gasteiger partial charge is 0.258 e. The van der Waals surface area contributed by atoms with Crippen LogP contribution in [0.25, 0.3) is 0 Å². The smallest absolute Gasteiger partial charge is 0.0413 e. The van der Waals surface area contributed by atoms with Crippen molar-refractivity contribution in [1.29, 1.82) is 0 Å². The Balaban J connectivity index is 1.78. The van der Waals surface area contributed by atoms with Gasteiger partial charge in [0.05, 0.1) is 0 Å². The van der Waals surface area contributed by atoms with E-state index in [2.05, 4.69) is 32.0 Å². The van der Waals surface area contributed by atoms with Gasteiger partial charge in [0.2, 0.25) is 0 Å². The first kappa shape index (κ1) is 51.2. The van der Waals surface area contributed by atoms with Gasteiger partial charge in [-0.3, -0.25) is 4.98 Å². The second kappa shape index (κ2) is 44.9. The van der Waals surface area contributed by atoms with Gasteiger partial charge < -0.3 is 0 Å². The van der Waals surface area contributed by atoms with Crippen molar-refractivity contribution in [3.8, 4) is 0 Å². The quantitative estimate of drug-likeness (QED) is 0.0605. The maximum absolute atomic E-state index is 4.99. The molecule has 0 aromatic carbocycles. The van der Waals surface area contributed by atoms with Gasteiger partial charge in [-0.05, 0) is 43.9 Å². The van der Waals surface area contributed by atoms with Gasteiger partial charge >= 0.3 is 0 Å². The highest BCUT2D eigenvalue weighted by atomic mass is 14.7. The number of hydrogen-bond acceptors (Lipinski definition) is 1. The summed E-state index contributed by atoms with van der Waals surface area (Å²) in [5.41, 5.74) is 2.55. The number of hydrogen-bond donors (Lipinski definition) is 0. The third-order valence-corrected chi connectivity index (χ3v) is 12.4. The average molecular weight is 751 g/mol. The predicted molar refractivity (Wildman–Crippen MR) is 245 cm³/mol. The number of unbranched alkanes of at least 4 members (excludes halogenated alkanes) is 42. The van der Waals surface area contributed by atoms with Crippen LogP contribution in [0, 0.1) is 6.07 Å². The van der Waals surface area contributed by atoms with Crippen LogP contribution in [0.1, 0.15) is 308 Å². The lowest BCUT2D eigenvalue weighted by atomic mass is 10.0. The lowest BCUT2D eigenvalue weighted by molar-refractivity contribution is 0.518. The molecule has 1 heterocycles. The summed E-state index contributed by atoms with van der Waals surface area (Å²) in [7, 11) is 0. The molecule has 1 nitrogen and oxygen atoms in total. The fourth-order valence-corrected chi connectivity index (χ4v) is 8.57. The Morgan fingerprint density at radius 3 is 0.611 bits per heavy atom. The predicted octanol–water partition coefficient (Wildman–Crippen LogP) is 19.2. The highest BCUT2D eigenvalue weighted by molar-refractivity contribution is 5.10. The summed E-state index contributed by atoms with van der Waals surface area (Å²) in [5.74, 6) is 0. The summed E-state index contributed by atoms with van der Waals surface area (Å²) in [6, 6.07) is 7.67. The molecule has 0 atom stereocenters. The van der Waals surface area contributed by atoms with Crippen molar-refractivity contribution in [3.05, 3.63) is 29.6 Å². The van der Waals surface area contributed by atoms with E-state index in [1.165, 1.54) is 294 Å². The van der Waals surface area contributed by atoms with Crippen molar-refractivity contribution in [2.75, 3.05) is 0 Å². The van der Waals surface area contributed by atoms with E-state index in [-0.39, 0.29) is 0 Å². The van der Waals surface area contributed by atoms with Gasteiger partial charge in [-0.15, -0.1) is 0 Å². The Bertz CT molecular complexity index is 752. The molecule has 0 saturated heterocycles. The first-order valence-corrected chi connectivity index (χ1v) is 25.7. The van der Waals surface area contributed by atoms with Gasteiger partial charge in [0.25, 0.3) is 0 Å². The topological polar surface area (TPSA) is 12.9 Å². The van der Waals surface area contributed by atoms with Crippen molar-refractivity contribution < 1.29 is 0 Å². The normalized spacial score (nSPS) is 11.6. The first-order chi connectivity index (χ1) is 26.9. The fraction of sp³-hybridized carbons (Fsp3) is 0.906. The Morgan fingerprint density at radius 2 is 0.426 bits per heavy atom. The summed E-state index contributed by atoms with van der Waals surface area (Å²) in [4.78, 5) is 4.99. The molecule has 54 heavy (non-hydrogen) atoms. The van der Waals surface area contributed by atoms with Gasteiger partial charge in [-0.1, -0.05) is 284 Å². The zero-order valence-electron chi connectivity index (χ0n) is 37.6. The lowest BCUT2D eigenvalue weighted by Gasteiger charge is -2.06. The molecule has 0 spiro atoms. The average Bonchev–Trinajstić information content (AvgIpc) is 3.19. The molecule has 0 bridgehead atoms. The Labute approximate surface area is 342 Å². The molecule has 1 rings (SSSR count). The van der Waals surface area contributed by atoms with Crippen LogP contribution >= 0.6 is 0 Å². The SMILES string of the molecule is CCCCCCCCCCCCCCCCCCCCCCCCc1c[c]cc(CCCCCCCCCCCCCCCCCCCCCCCC)n1. The monoisotopic (exact) mass is 751 g/mol. The Kier molecular flexibility index (Phi) is 42.5. The molecule has 1 radical (unpaired) electrons. The number of nitrogens with zero attached hydrogens (tertiary/aromatic N) is 1.